The second kappa shape index (κ2) is 9.32. The average Bonchev–Trinajstić information content (AvgIpc) is 2.71. The summed E-state index contributed by atoms with van der Waals surface area (Å²) in [6, 6.07) is 10.3. The van der Waals surface area contributed by atoms with Crippen molar-refractivity contribution in [3.8, 4) is 11.1 Å². The fourth-order valence-corrected chi connectivity index (χ4v) is 3.73. The lowest BCUT2D eigenvalue weighted by Gasteiger charge is -2.16. The van der Waals surface area contributed by atoms with E-state index in [2.05, 4.69) is 10.4 Å². The van der Waals surface area contributed by atoms with Crippen LogP contribution in [0, 0.1) is 6.92 Å². The van der Waals surface area contributed by atoms with Gasteiger partial charge in [-0.05, 0) is 35.7 Å². The Morgan fingerprint density at radius 3 is 2.32 bits per heavy atom. The quantitative estimate of drug-likeness (QED) is 0.587. The van der Waals surface area contributed by atoms with Crippen LogP contribution in [0.4, 0.5) is 0 Å². The Morgan fingerprint density at radius 2 is 1.74 bits per heavy atom. The van der Waals surface area contributed by atoms with Crippen LogP contribution >= 0.6 is 23.2 Å². The van der Waals surface area contributed by atoms with E-state index in [-0.39, 0.29) is 27.6 Å². The summed E-state index contributed by atoms with van der Waals surface area (Å²) in [7, 11) is 1.57. The number of carbonyl (C=O) groups excluding carboxylic acids is 1. The van der Waals surface area contributed by atoms with E-state index in [1.54, 1.807) is 50.5 Å². The Balaban J connectivity index is 1.82. The molecular weight excluding hydrogens is 441 g/mol. The molecule has 0 fully saturated rings. The zero-order valence-electron chi connectivity index (χ0n) is 16.7. The zero-order valence-corrected chi connectivity index (χ0v) is 18.2. The van der Waals surface area contributed by atoms with E-state index in [9.17, 15) is 19.5 Å². The lowest BCUT2D eigenvalue weighted by atomic mass is 9.99. The van der Waals surface area contributed by atoms with Crippen LogP contribution in [0.1, 0.15) is 21.5 Å². The number of nitrogens with zero attached hydrogens (tertiary/aromatic N) is 2. The maximum atomic E-state index is 12.6. The molecule has 0 aliphatic heterocycles. The fourth-order valence-electron chi connectivity index (χ4n) is 3.16. The molecule has 160 valence electrons. The van der Waals surface area contributed by atoms with Crippen LogP contribution in [-0.4, -0.2) is 32.8 Å². The van der Waals surface area contributed by atoms with Crippen molar-refractivity contribution >= 4 is 35.1 Å². The van der Waals surface area contributed by atoms with Crippen molar-refractivity contribution in [2.24, 2.45) is 7.05 Å². The van der Waals surface area contributed by atoms with Gasteiger partial charge in [-0.3, -0.25) is 9.59 Å². The third-order valence-corrected chi connectivity index (χ3v) is 5.43. The molecular formula is C22H19Cl2N3O4. The summed E-state index contributed by atoms with van der Waals surface area (Å²) in [4.78, 5) is 36.7. The molecule has 7 nitrogen and oxygen atoms in total. The Kier molecular flexibility index (Phi) is 6.77. The maximum Gasteiger partial charge on any atom is 0.326 e. The number of amides is 1. The Labute approximate surface area is 188 Å². The minimum Gasteiger partial charge on any atom is -0.480 e. The average molecular weight is 460 g/mol. The number of aryl methyl sites for hydroxylation is 2. The number of halogens is 2. The number of carbonyl (C=O) groups is 2. The summed E-state index contributed by atoms with van der Waals surface area (Å²) < 4.78 is 1.26. The highest BCUT2D eigenvalue weighted by Gasteiger charge is 2.24. The summed E-state index contributed by atoms with van der Waals surface area (Å²) in [5, 5.41) is 16.3. The second-order valence-electron chi connectivity index (χ2n) is 6.99. The van der Waals surface area contributed by atoms with Gasteiger partial charge in [-0.15, -0.1) is 0 Å². The van der Waals surface area contributed by atoms with Crippen LogP contribution in [0.15, 0.2) is 53.5 Å². The minimum absolute atomic E-state index is 0.0245. The SMILES string of the molecule is Cc1cnn(C)c(=O)c1-c1ccc(C[C@H](NC(=O)c2c(Cl)cccc2Cl)C(=O)O)cc1. The van der Waals surface area contributed by atoms with E-state index in [4.69, 9.17) is 23.2 Å². The van der Waals surface area contributed by atoms with Gasteiger partial charge in [0.1, 0.15) is 6.04 Å². The van der Waals surface area contributed by atoms with Crippen LogP contribution in [0.5, 0.6) is 0 Å². The van der Waals surface area contributed by atoms with Crippen LogP contribution < -0.4 is 10.9 Å². The fraction of sp³-hybridized carbons (Fsp3) is 0.182. The summed E-state index contributed by atoms with van der Waals surface area (Å²) in [6.07, 6.45) is 1.65. The van der Waals surface area contributed by atoms with E-state index < -0.39 is 17.9 Å². The molecule has 0 aliphatic carbocycles. The highest BCUT2D eigenvalue weighted by Crippen LogP contribution is 2.24. The first-order chi connectivity index (χ1) is 14.7. The lowest BCUT2D eigenvalue weighted by molar-refractivity contribution is -0.139. The standard InChI is InChI=1S/C22H19Cl2N3O4/c1-12-11-25-27(2)21(29)18(12)14-8-6-13(7-9-14)10-17(22(30)31)26-20(28)19-15(23)4-3-5-16(19)24/h3-9,11,17H,10H2,1-2H3,(H,26,28)(H,30,31)/t17-/m0/s1. The number of aromatic nitrogens is 2. The predicted octanol–water partition coefficient (Wildman–Crippen LogP) is 3.49. The highest BCUT2D eigenvalue weighted by molar-refractivity contribution is 6.39. The number of hydrogen-bond donors (Lipinski definition) is 2. The van der Waals surface area contributed by atoms with Crippen molar-refractivity contribution in [2.45, 2.75) is 19.4 Å². The van der Waals surface area contributed by atoms with E-state index in [1.807, 2.05) is 0 Å². The molecule has 0 bridgehead atoms. The number of benzene rings is 2. The van der Waals surface area contributed by atoms with Crippen LogP contribution in [0.25, 0.3) is 11.1 Å². The highest BCUT2D eigenvalue weighted by atomic mass is 35.5. The van der Waals surface area contributed by atoms with Gasteiger partial charge in [0.25, 0.3) is 11.5 Å². The van der Waals surface area contributed by atoms with Gasteiger partial charge >= 0.3 is 5.97 Å². The molecule has 0 spiro atoms. The number of aliphatic carboxylic acids is 1. The van der Waals surface area contributed by atoms with Crippen molar-refractivity contribution < 1.29 is 14.7 Å². The van der Waals surface area contributed by atoms with Gasteiger partial charge in [-0.25, -0.2) is 9.48 Å². The molecule has 0 radical (unpaired) electrons. The Morgan fingerprint density at radius 1 is 1.13 bits per heavy atom. The van der Waals surface area contributed by atoms with Crippen molar-refractivity contribution in [2.75, 3.05) is 0 Å². The Bertz CT molecular complexity index is 1190. The summed E-state index contributed by atoms with van der Waals surface area (Å²) in [5.41, 5.74) is 2.44. The smallest absolute Gasteiger partial charge is 0.326 e. The molecule has 31 heavy (non-hydrogen) atoms. The largest absolute Gasteiger partial charge is 0.480 e. The van der Waals surface area contributed by atoms with Gasteiger partial charge < -0.3 is 10.4 Å². The summed E-state index contributed by atoms with van der Waals surface area (Å²) in [6.45, 7) is 1.80. The Hall–Kier alpha value is -3.16. The van der Waals surface area contributed by atoms with E-state index in [0.29, 0.717) is 16.7 Å². The van der Waals surface area contributed by atoms with Gasteiger partial charge in [0.05, 0.1) is 27.4 Å². The zero-order chi connectivity index (χ0) is 22.7. The van der Waals surface area contributed by atoms with Crippen molar-refractivity contribution in [1.29, 1.82) is 0 Å². The third kappa shape index (κ3) is 4.95. The van der Waals surface area contributed by atoms with Gasteiger partial charge in [0, 0.05) is 13.5 Å². The molecule has 3 aromatic rings. The third-order valence-electron chi connectivity index (χ3n) is 4.80. The van der Waals surface area contributed by atoms with Crippen molar-refractivity contribution in [3.63, 3.8) is 0 Å². The normalized spacial score (nSPS) is 11.7. The molecule has 2 aromatic carbocycles. The molecule has 1 aromatic heterocycles. The van der Waals surface area contributed by atoms with E-state index in [1.165, 1.54) is 16.8 Å². The lowest BCUT2D eigenvalue weighted by Crippen LogP contribution is -2.42. The van der Waals surface area contributed by atoms with Crippen molar-refractivity contribution in [1.82, 2.24) is 15.1 Å². The van der Waals surface area contributed by atoms with Gasteiger partial charge in [0.15, 0.2) is 0 Å². The molecule has 3 rings (SSSR count). The first-order valence-corrected chi connectivity index (χ1v) is 10.0. The van der Waals surface area contributed by atoms with E-state index >= 15 is 0 Å². The maximum absolute atomic E-state index is 12.6. The van der Waals surface area contributed by atoms with E-state index in [0.717, 1.165) is 5.56 Å². The number of hydrogen-bond acceptors (Lipinski definition) is 4. The number of carboxylic acid groups (broad SMARTS) is 1. The molecule has 2 N–H and O–H groups in total. The molecule has 1 heterocycles. The molecule has 0 unspecified atom stereocenters. The topological polar surface area (TPSA) is 101 Å². The number of nitrogens with one attached hydrogen (secondary N) is 1. The van der Waals surface area contributed by atoms with Gasteiger partial charge in [-0.2, -0.15) is 5.10 Å². The molecule has 0 saturated carbocycles. The van der Waals surface area contributed by atoms with Gasteiger partial charge in [-0.1, -0.05) is 53.5 Å². The van der Waals surface area contributed by atoms with Crippen LogP contribution in [0.3, 0.4) is 0 Å². The van der Waals surface area contributed by atoms with Crippen LogP contribution in [0.2, 0.25) is 10.0 Å². The number of carboxylic acids is 1. The molecule has 1 atom stereocenters. The minimum atomic E-state index is -1.19. The van der Waals surface area contributed by atoms with Gasteiger partial charge in [0.2, 0.25) is 0 Å². The summed E-state index contributed by atoms with van der Waals surface area (Å²) >= 11 is 12.1. The first-order valence-electron chi connectivity index (χ1n) is 9.29. The monoisotopic (exact) mass is 459 g/mol. The second-order valence-corrected chi connectivity index (χ2v) is 7.81. The number of rotatable bonds is 6. The molecule has 0 saturated heterocycles. The van der Waals surface area contributed by atoms with Crippen LogP contribution in [-0.2, 0) is 18.3 Å². The molecule has 0 aliphatic rings. The van der Waals surface area contributed by atoms with Crippen molar-refractivity contribution in [3.05, 3.63) is 85.8 Å². The first kappa shape index (κ1) is 22.5. The summed E-state index contributed by atoms with van der Waals surface area (Å²) in [5.74, 6) is -1.87. The predicted molar refractivity (Wildman–Crippen MR) is 119 cm³/mol. The molecule has 9 heteroatoms. The molecule has 1 amide bonds.